The SMILES string of the molecule is CC/N=c1/cc2oc3cc(NCC)c(C)cc3c(-c3cc(C(=O)NCCOCCOCCNOCCC(C)(C)SSCOCCCCOC(=O)NCC#Cc4cn([C@H]5C[C@H](OCN=[N+]=[N-])[C@@H](COP(=O)(O)OP(=O)(O)OP(=O)(O)O)O5)c(=O)[nH]c4=O)ccc3C(=O)O)c-2cc1C. The number of H-pyrrole nitrogens is 1. The van der Waals surface area contributed by atoms with Crippen molar-refractivity contribution in [3.63, 3.8) is 0 Å². The van der Waals surface area contributed by atoms with Gasteiger partial charge >= 0.3 is 41.2 Å². The average molecular weight is 1440 g/mol. The number of aromatic carboxylic acids is 1. The summed E-state index contributed by atoms with van der Waals surface area (Å²) >= 11 is 0. The van der Waals surface area contributed by atoms with E-state index in [-0.39, 0.29) is 60.1 Å². The highest BCUT2D eigenvalue weighted by Gasteiger charge is 2.44. The Balaban J connectivity index is 0.797. The number of unbranched alkanes of at least 4 members (excludes halogenated alkanes) is 1. The zero-order valence-electron chi connectivity index (χ0n) is 53.2. The Labute approximate surface area is 558 Å². The van der Waals surface area contributed by atoms with Gasteiger partial charge in [-0.25, -0.2) is 33.6 Å². The van der Waals surface area contributed by atoms with Crippen molar-refractivity contribution in [3.8, 4) is 34.3 Å². The molecule has 0 bridgehead atoms. The molecule has 5 atom stereocenters. The molecule has 2 aliphatic heterocycles. The number of hydrogen-bond acceptors (Lipinski definition) is 25. The largest absolute Gasteiger partial charge is 0.490 e. The van der Waals surface area contributed by atoms with Gasteiger partial charge in [0.15, 0.2) is 0 Å². The van der Waals surface area contributed by atoms with E-state index >= 15 is 0 Å². The van der Waals surface area contributed by atoms with Crippen LogP contribution in [0.2, 0.25) is 0 Å². The first-order valence-electron chi connectivity index (χ1n) is 29.8. The number of benzene rings is 3. The van der Waals surface area contributed by atoms with E-state index in [0.717, 1.165) is 39.4 Å². The molecule has 1 saturated heterocycles. The van der Waals surface area contributed by atoms with Gasteiger partial charge in [0.05, 0.1) is 69.8 Å². The van der Waals surface area contributed by atoms with E-state index in [9.17, 15) is 52.6 Å². The van der Waals surface area contributed by atoms with Crippen LogP contribution in [-0.2, 0) is 60.1 Å². The third kappa shape index (κ3) is 25.4. The fraction of sp³-hybridized carbons (Fsp3) is 0.509. The minimum absolute atomic E-state index is 0.0374. The molecule has 3 heterocycles. The molecule has 1 fully saturated rings. The molecule has 1 aliphatic carbocycles. The lowest BCUT2D eigenvalue weighted by Gasteiger charge is -2.22. The first-order valence-corrected chi connectivity index (χ1v) is 36.6. The molecular formula is C57H77N10O24P3S2. The van der Waals surface area contributed by atoms with E-state index in [1.54, 1.807) is 27.7 Å². The van der Waals surface area contributed by atoms with E-state index < -0.39 is 78.6 Å². The predicted octanol–water partition coefficient (Wildman–Crippen LogP) is 7.37. The number of anilines is 1. The number of aromatic amines is 1. The van der Waals surface area contributed by atoms with Crippen molar-refractivity contribution in [2.75, 3.05) is 104 Å². The molecular weight excluding hydrogens is 1370 g/mol. The maximum atomic E-state index is 13.5. The second-order valence-corrected chi connectivity index (χ2v) is 28.7. The van der Waals surface area contributed by atoms with Gasteiger partial charge in [-0.05, 0) is 113 Å². The summed E-state index contributed by atoms with van der Waals surface area (Å²) in [5.74, 6) is 4.51. The Hall–Kier alpha value is -6.48. The zero-order valence-corrected chi connectivity index (χ0v) is 57.5. The fourth-order valence-electron chi connectivity index (χ4n) is 9.20. The highest BCUT2D eigenvalue weighted by Crippen LogP contribution is 2.66. The number of phosphoric ester groups is 1. The normalized spacial score (nSPS) is 16.3. The highest BCUT2D eigenvalue weighted by molar-refractivity contribution is 8.77. The molecule has 6 rings (SSSR count). The van der Waals surface area contributed by atoms with E-state index in [0.29, 0.717) is 105 Å². The Morgan fingerprint density at radius 3 is 2.36 bits per heavy atom. The fourth-order valence-corrected chi connectivity index (χ4v) is 14.5. The van der Waals surface area contributed by atoms with E-state index in [4.69, 9.17) is 53.0 Å². The van der Waals surface area contributed by atoms with Crippen LogP contribution in [-0.4, -0.2) is 167 Å². The van der Waals surface area contributed by atoms with Crippen LogP contribution in [0.5, 0.6) is 0 Å². The number of carbonyl (C=O) groups excluding carboxylic acids is 2. The summed E-state index contributed by atoms with van der Waals surface area (Å²) in [4.78, 5) is 116. The van der Waals surface area contributed by atoms with Crippen molar-refractivity contribution in [3.05, 3.63) is 113 Å². The Morgan fingerprint density at radius 2 is 1.65 bits per heavy atom. The zero-order chi connectivity index (χ0) is 70.1. The van der Waals surface area contributed by atoms with Crippen molar-refractivity contribution in [1.29, 1.82) is 0 Å². The number of fused-ring (bicyclic) bond motifs is 2. The van der Waals surface area contributed by atoms with Gasteiger partial charge in [0.1, 0.15) is 41.9 Å². The average Bonchev–Trinajstić information content (AvgIpc) is 0.991. The lowest BCUT2D eigenvalue weighted by molar-refractivity contribution is -0.0601. The molecule has 2 amide bonds. The standard InChI is InChI=1S/C57H77N10O24P3S2/c1-7-59-44-29-46-42(26-36(44)3)51(43-27-37(4)45(60-8-2)30-47(43)88-46)41-28-38(13-14-40(41)54(70)71)52(68)61-17-22-81-24-25-82-23-18-64-86-21-15-57(5,6)96-95-35-83-19-9-10-20-84-56(73)62-16-11-12-39-32-67(55(72)65-53(39)69)50-31-48(85-34-63-66-58)49(89-50)33-87-93(77,78)91-94(79,80)90-92(74,75)76/h13-14,26-30,32,48-50,59,64H,7-10,15-25,31,33-35H2,1-6H3,(H,61,68)(H,62,73)(H,70,71)(H,77,78)(H,79,80)(H,65,69,72)(H2,74,75,76)/b60-45-/t48-,49+,50+/m0/s1. The van der Waals surface area contributed by atoms with Crippen LogP contribution in [0, 0.1) is 25.7 Å². The number of rotatable bonds is 40. The molecule has 0 radical (unpaired) electrons. The summed E-state index contributed by atoms with van der Waals surface area (Å²) in [5, 5.41) is 23.8. The number of azide groups is 1. The molecule has 34 nitrogen and oxygen atoms in total. The van der Waals surface area contributed by atoms with Crippen LogP contribution >= 0.6 is 45.1 Å². The molecule has 3 aliphatic rings. The summed E-state index contributed by atoms with van der Waals surface area (Å²) in [6.45, 7) is 14.3. The van der Waals surface area contributed by atoms with E-state index in [1.807, 2.05) is 52.0 Å². The van der Waals surface area contributed by atoms with Crippen molar-refractivity contribution in [2.45, 2.75) is 90.4 Å². The summed E-state index contributed by atoms with van der Waals surface area (Å²) in [6, 6.07) is 12.3. The molecule has 2 unspecified atom stereocenters. The molecule has 39 heteroatoms. The van der Waals surface area contributed by atoms with Gasteiger partial charge in [0.25, 0.3) is 11.5 Å². The van der Waals surface area contributed by atoms with Crippen LogP contribution in [0.1, 0.15) is 97.0 Å². The Bertz CT molecular complexity index is 3930. The summed E-state index contributed by atoms with van der Waals surface area (Å²) in [5.41, 5.74) is 14.7. The third-order valence-corrected chi connectivity index (χ3v) is 20.4. The third-order valence-electron chi connectivity index (χ3n) is 13.6. The molecule has 10 N–H and O–H groups in total. The topological polar surface area (TPSA) is 473 Å². The summed E-state index contributed by atoms with van der Waals surface area (Å²) in [7, 11) is -13.9. The number of amides is 2. The van der Waals surface area contributed by atoms with E-state index in [1.165, 1.54) is 12.1 Å². The van der Waals surface area contributed by atoms with E-state index in [2.05, 4.69) is 80.3 Å². The van der Waals surface area contributed by atoms with Gasteiger partial charge in [0, 0.05) is 95.0 Å². The van der Waals surface area contributed by atoms with Crippen molar-refractivity contribution < 1.29 is 104 Å². The number of carboxylic acids is 1. The summed E-state index contributed by atoms with van der Waals surface area (Å²) in [6.07, 6.45) is -1.99. The number of hydrogen-bond donors (Lipinski definition) is 10. The quantitative estimate of drug-likeness (QED) is 0.00175. The van der Waals surface area contributed by atoms with Gasteiger partial charge in [-0.15, -0.1) is 0 Å². The van der Waals surface area contributed by atoms with Crippen LogP contribution in [0.3, 0.4) is 0 Å². The molecule has 2 aromatic carbocycles. The highest BCUT2D eigenvalue weighted by atomic mass is 33.1. The monoisotopic (exact) mass is 1440 g/mol. The first kappa shape index (κ1) is 78.5. The number of nitrogens with zero attached hydrogens (tertiary/aromatic N) is 5. The maximum Gasteiger partial charge on any atom is 0.490 e. The summed E-state index contributed by atoms with van der Waals surface area (Å²) < 4.78 is 87.6. The molecule has 96 heavy (non-hydrogen) atoms. The Morgan fingerprint density at radius 1 is 0.896 bits per heavy atom. The molecule has 0 spiro atoms. The molecule has 3 aromatic rings. The number of phosphoric acid groups is 3. The van der Waals surface area contributed by atoms with Gasteiger partial charge in [-0.3, -0.25) is 28.7 Å². The van der Waals surface area contributed by atoms with Gasteiger partial charge < -0.3 is 78.3 Å². The number of aryl methyl sites for hydroxylation is 2. The molecule has 526 valence electrons. The van der Waals surface area contributed by atoms with Gasteiger partial charge in [0.2, 0.25) is 0 Å². The van der Waals surface area contributed by atoms with Crippen LogP contribution in [0.15, 0.2) is 72.8 Å². The smallest absolute Gasteiger partial charge is 0.478 e. The van der Waals surface area contributed by atoms with Gasteiger partial charge in [-0.1, -0.05) is 38.5 Å². The second-order valence-electron chi connectivity index (χ2n) is 21.3. The van der Waals surface area contributed by atoms with Crippen LogP contribution in [0.25, 0.3) is 43.9 Å². The van der Waals surface area contributed by atoms with Crippen LogP contribution < -0.4 is 38.0 Å². The number of hydroxylamine groups is 1. The van der Waals surface area contributed by atoms with Crippen LogP contribution in [0.4, 0.5) is 10.5 Å². The van der Waals surface area contributed by atoms with Crippen molar-refractivity contribution >= 4 is 79.7 Å². The lowest BCUT2D eigenvalue weighted by Crippen LogP contribution is -2.34. The number of aromatic nitrogens is 2. The first-order chi connectivity index (χ1) is 45.6. The van der Waals surface area contributed by atoms with Gasteiger partial charge in [-0.2, -0.15) is 8.62 Å². The predicted molar refractivity (Wildman–Crippen MR) is 352 cm³/mol. The number of nitrogens with one attached hydrogen (secondary N) is 5. The number of alkyl carbamates (subject to hydrolysis) is 1. The minimum Gasteiger partial charge on any atom is -0.478 e. The minimum atomic E-state index is -5.84. The number of carbonyl (C=O) groups is 3. The van der Waals surface area contributed by atoms with Crippen molar-refractivity contribution in [2.24, 2.45) is 10.1 Å². The van der Waals surface area contributed by atoms with Crippen molar-refractivity contribution in [1.82, 2.24) is 25.7 Å². The molecule has 1 aromatic heterocycles. The number of carboxylic acid groups (broad SMARTS) is 1. The second kappa shape index (κ2) is 38.0. The maximum absolute atomic E-state index is 13.5. The lowest BCUT2D eigenvalue weighted by atomic mass is 9.88. The molecule has 0 saturated carbocycles. The Kier molecular flexibility index (Phi) is 31.1. The number of ether oxygens (including phenoxy) is 6.